The van der Waals surface area contributed by atoms with Crippen molar-refractivity contribution in [3.8, 4) is 0 Å². The monoisotopic (exact) mass is 339 g/mol. The molecule has 2 rings (SSSR count). The van der Waals surface area contributed by atoms with Crippen molar-refractivity contribution in [1.82, 2.24) is 9.80 Å². The minimum atomic E-state index is -0.965. The number of likely N-dealkylation sites (N-methyl/N-ethyl adjacent to an activating group) is 1. The number of carbonyl (C=O) groups excluding carboxylic acids is 1. The zero-order chi connectivity index (χ0) is 17.0. The number of carboxylic acids is 1. The summed E-state index contributed by atoms with van der Waals surface area (Å²) in [7, 11) is 2.00. The van der Waals surface area contributed by atoms with Gasteiger partial charge in [-0.3, -0.25) is 14.5 Å². The number of hydrogen-bond donors (Lipinski definition) is 2. The number of carboxylic acid groups (broad SMARTS) is 1. The number of piperazine rings is 1. The number of hydrogen-bond acceptors (Lipinski definition) is 4. The molecular formula is C16H22ClN3O3. The molecule has 0 radical (unpaired) electrons. The van der Waals surface area contributed by atoms with E-state index in [0.29, 0.717) is 23.8 Å². The summed E-state index contributed by atoms with van der Waals surface area (Å²) in [4.78, 5) is 27.8. The molecule has 2 N–H and O–H groups in total. The molecule has 1 unspecified atom stereocenters. The predicted octanol–water partition coefficient (Wildman–Crippen LogP) is 1.68. The molecule has 1 aromatic rings. The molecule has 1 heterocycles. The highest BCUT2D eigenvalue weighted by atomic mass is 35.5. The highest BCUT2D eigenvalue weighted by molar-refractivity contribution is 6.31. The van der Waals surface area contributed by atoms with E-state index in [1.165, 1.54) is 0 Å². The lowest BCUT2D eigenvalue weighted by Gasteiger charge is -2.35. The van der Waals surface area contributed by atoms with Crippen LogP contribution in [0.15, 0.2) is 18.2 Å². The molecule has 0 saturated carbocycles. The maximum Gasteiger partial charge on any atom is 0.321 e. The minimum absolute atomic E-state index is 0.0784. The molecule has 0 aliphatic carbocycles. The molecule has 1 amide bonds. The van der Waals surface area contributed by atoms with Gasteiger partial charge in [0.05, 0.1) is 6.42 Å². The summed E-state index contributed by atoms with van der Waals surface area (Å²) in [6, 6.07) is 4.45. The molecule has 1 atom stereocenters. The number of anilines is 1. The first kappa shape index (κ1) is 17.7. The van der Waals surface area contributed by atoms with Crippen molar-refractivity contribution in [2.24, 2.45) is 0 Å². The number of nitrogens with one attached hydrogen (secondary N) is 1. The summed E-state index contributed by atoms with van der Waals surface area (Å²) in [5.74, 6) is -1.28. The van der Waals surface area contributed by atoms with Crippen molar-refractivity contribution >= 4 is 29.2 Å². The number of carbonyl (C=O) groups is 2. The molecule has 0 aromatic heterocycles. The molecule has 1 saturated heterocycles. The number of nitrogens with zero attached hydrogens (tertiary/aromatic N) is 2. The molecule has 6 nitrogen and oxygen atoms in total. The Morgan fingerprint density at radius 2 is 1.96 bits per heavy atom. The van der Waals surface area contributed by atoms with Gasteiger partial charge in [-0.1, -0.05) is 17.7 Å². The largest absolute Gasteiger partial charge is 0.480 e. The fourth-order valence-corrected chi connectivity index (χ4v) is 2.80. The van der Waals surface area contributed by atoms with Gasteiger partial charge in [-0.15, -0.1) is 0 Å². The van der Waals surface area contributed by atoms with Crippen molar-refractivity contribution in [2.45, 2.75) is 19.4 Å². The van der Waals surface area contributed by atoms with E-state index in [1.54, 1.807) is 18.2 Å². The van der Waals surface area contributed by atoms with Crippen molar-refractivity contribution in [1.29, 1.82) is 0 Å². The van der Waals surface area contributed by atoms with Crippen LogP contribution in [0.4, 0.5) is 5.69 Å². The number of aliphatic carboxylic acids is 1. The average Bonchev–Trinajstić information content (AvgIpc) is 2.50. The molecule has 0 bridgehead atoms. The zero-order valence-electron chi connectivity index (χ0n) is 13.4. The van der Waals surface area contributed by atoms with Gasteiger partial charge in [0, 0.05) is 36.9 Å². The van der Waals surface area contributed by atoms with Crippen LogP contribution in [-0.4, -0.2) is 66.1 Å². The number of amides is 1. The Morgan fingerprint density at radius 1 is 1.30 bits per heavy atom. The van der Waals surface area contributed by atoms with Gasteiger partial charge in [0.2, 0.25) is 5.91 Å². The molecule has 1 aliphatic rings. The third kappa shape index (κ3) is 4.67. The van der Waals surface area contributed by atoms with Gasteiger partial charge in [0.15, 0.2) is 0 Å². The zero-order valence-corrected chi connectivity index (χ0v) is 14.1. The van der Waals surface area contributed by atoms with Crippen LogP contribution in [0.25, 0.3) is 0 Å². The van der Waals surface area contributed by atoms with Crippen LogP contribution in [-0.2, 0) is 9.59 Å². The van der Waals surface area contributed by atoms with E-state index in [-0.39, 0.29) is 12.3 Å². The van der Waals surface area contributed by atoms with Crippen LogP contribution in [0.3, 0.4) is 0 Å². The standard InChI is InChI=1S/C16H22ClN3O3/c1-11-12(17)4-3-5-13(11)18-15(21)10-14(16(22)23)20-8-6-19(2)7-9-20/h3-5,14H,6-10H2,1-2H3,(H,18,21)(H,22,23). The number of rotatable bonds is 5. The van der Waals surface area contributed by atoms with Gasteiger partial charge in [0.1, 0.15) is 6.04 Å². The van der Waals surface area contributed by atoms with Crippen LogP contribution >= 0.6 is 11.6 Å². The lowest BCUT2D eigenvalue weighted by atomic mass is 10.1. The first-order chi connectivity index (χ1) is 10.9. The normalized spacial score (nSPS) is 17.7. The topological polar surface area (TPSA) is 72.9 Å². The maximum absolute atomic E-state index is 12.2. The van der Waals surface area contributed by atoms with Crippen LogP contribution in [0, 0.1) is 6.92 Å². The van der Waals surface area contributed by atoms with Gasteiger partial charge in [-0.05, 0) is 31.7 Å². The van der Waals surface area contributed by atoms with Gasteiger partial charge in [-0.2, -0.15) is 0 Å². The SMILES string of the molecule is Cc1c(Cl)cccc1NC(=O)CC(C(=O)O)N1CCN(C)CC1. The predicted molar refractivity (Wildman–Crippen MR) is 89.9 cm³/mol. The third-order valence-corrected chi connectivity index (χ3v) is 4.59. The molecule has 126 valence electrons. The van der Waals surface area contributed by atoms with Crippen molar-refractivity contribution < 1.29 is 14.7 Å². The Kier molecular flexibility index (Phi) is 5.98. The van der Waals surface area contributed by atoms with E-state index in [1.807, 2.05) is 18.9 Å². The quantitative estimate of drug-likeness (QED) is 0.854. The molecule has 1 aliphatic heterocycles. The van der Waals surface area contributed by atoms with E-state index in [0.717, 1.165) is 18.7 Å². The number of benzene rings is 1. The Morgan fingerprint density at radius 3 is 2.57 bits per heavy atom. The Balaban J connectivity index is 2.01. The maximum atomic E-state index is 12.2. The minimum Gasteiger partial charge on any atom is -0.480 e. The smallest absolute Gasteiger partial charge is 0.321 e. The summed E-state index contributed by atoms with van der Waals surface area (Å²) in [5, 5.41) is 12.8. The second-order valence-corrected chi connectivity index (χ2v) is 6.27. The fourth-order valence-electron chi connectivity index (χ4n) is 2.63. The molecule has 0 spiro atoms. The van der Waals surface area contributed by atoms with Crippen LogP contribution in [0.1, 0.15) is 12.0 Å². The first-order valence-electron chi connectivity index (χ1n) is 7.59. The first-order valence-corrected chi connectivity index (χ1v) is 7.96. The van der Waals surface area contributed by atoms with Crippen LogP contribution in [0.2, 0.25) is 5.02 Å². The molecular weight excluding hydrogens is 318 g/mol. The summed E-state index contributed by atoms with van der Waals surface area (Å²) in [5.41, 5.74) is 1.39. The van der Waals surface area contributed by atoms with E-state index in [2.05, 4.69) is 10.2 Å². The Hall–Kier alpha value is -1.63. The fraction of sp³-hybridized carbons (Fsp3) is 0.500. The highest BCUT2D eigenvalue weighted by Crippen LogP contribution is 2.23. The van der Waals surface area contributed by atoms with Crippen molar-refractivity contribution in [3.63, 3.8) is 0 Å². The van der Waals surface area contributed by atoms with Crippen molar-refractivity contribution in [2.75, 3.05) is 38.5 Å². The average molecular weight is 340 g/mol. The Labute approximate surface area is 141 Å². The van der Waals surface area contributed by atoms with Gasteiger partial charge in [-0.25, -0.2) is 0 Å². The second-order valence-electron chi connectivity index (χ2n) is 5.86. The highest BCUT2D eigenvalue weighted by Gasteiger charge is 2.30. The summed E-state index contributed by atoms with van der Waals surface area (Å²) in [6.45, 7) is 4.72. The summed E-state index contributed by atoms with van der Waals surface area (Å²) >= 11 is 6.03. The van der Waals surface area contributed by atoms with Crippen LogP contribution < -0.4 is 5.32 Å². The van der Waals surface area contributed by atoms with Crippen molar-refractivity contribution in [3.05, 3.63) is 28.8 Å². The summed E-state index contributed by atoms with van der Waals surface area (Å²) in [6.07, 6.45) is -0.0784. The molecule has 1 aromatic carbocycles. The van der Waals surface area contributed by atoms with E-state index < -0.39 is 12.0 Å². The lowest BCUT2D eigenvalue weighted by Crippen LogP contribution is -2.52. The lowest BCUT2D eigenvalue weighted by molar-refractivity contribution is -0.145. The summed E-state index contributed by atoms with van der Waals surface area (Å²) < 4.78 is 0. The van der Waals surface area contributed by atoms with Gasteiger partial charge in [0.25, 0.3) is 0 Å². The third-order valence-electron chi connectivity index (χ3n) is 4.18. The Bertz CT molecular complexity index is 586. The van der Waals surface area contributed by atoms with Crippen LogP contribution in [0.5, 0.6) is 0 Å². The van der Waals surface area contributed by atoms with E-state index in [4.69, 9.17) is 11.6 Å². The molecule has 1 fully saturated rings. The van der Waals surface area contributed by atoms with E-state index >= 15 is 0 Å². The molecule has 7 heteroatoms. The molecule has 23 heavy (non-hydrogen) atoms. The second kappa shape index (κ2) is 7.77. The van der Waals surface area contributed by atoms with Gasteiger partial charge < -0.3 is 15.3 Å². The van der Waals surface area contributed by atoms with E-state index in [9.17, 15) is 14.7 Å². The van der Waals surface area contributed by atoms with Gasteiger partial charge >= 0.3 is 5.97 Å². The number of halogens is 1.